The third-order valence-electron chi connectivity index (χ3n) is 3.83. The molecule has 1 saturated heterocycles. The van der Waals surface area contributed by atoms with Gasteiger partial charge in [0.05, 0.1) is 5.56 Å². The summed E-state index contributed by atoms with van der Waals surface area (Å²) < 4.78 is 37.8. The molecule has 1 aliphatic rings. The van der Waals surface area contributed by atoms with Gasteiger partial charge in [0.2, 0.25) is 0 Å². The van der Waals surface area contributed by atoms with Gasteiger partial charge in [-0.15, -0.1) is 0 Å². The molecule has 5 heteroatoms. The predicted molar refractivity (Wildman–Crippen MR) is 73.4 cm³/mol. The first-order chi connectivity index (χ1) is 9.45. The molecule has 0 unspecified atom stereocenters. The van der Waals surface area contributed by atoms with E-state index in [0.29, 0.717) is 12.5 Å². The number of halogens is 3. The first-order valence-electron chi connectivity index (χ1n) is 7.09. The summed E-state index contributed by atoms with van der Waals surface area (Å²) in [7, 11) is 0. The highest BCUT2D eigenvalue weighted by Crippen LogP contribution is 2.29. The molecule has 0 amide bonds. The summed E-state index contributed by atoms with van der Waals surface area (Å²) >= 11 is 0. The Labute approximate surface area is 117 Å². The Hall–Kier alpha value is -1.07. The van der Waals surface area contributed by atoms with E-state index >= 15 is 0 Å². The van der Waals surface area contributed by atoms with Gasteiger partial charge in [-0.05, 0) is 56.9 Å². The van der Waals surface area contributed by atoms with Crippen molar-refractivity contribution in [3.05, 3.63) is 35.4 Å². The van der Waals surface area contributed by atoms with Gasteiger partial charge in [0, 0.05) is 6.04 Å². The number of benzene rings is 1. The van der Waals surface area contributed by atoms with Gasteiger partial charge >= 0.3 is 6.18 Å². The van der Waals surface area contributed by atoms with Crippen LogP contribution < -0.4 is 5.73 Å². The highest BCUT2D eigenvalue weighted by molar-refractivity contribution is 5.25. The van der Waals surface area contributed by atoms with Crippen molar-refractivity contribution in [2.75, 3.05) is 19.6 Å². The Balaban J connectivity index is 1.79. The maximum atomic E-state index is 12.6. The summed E-state index contributed by atoms with van der Waals surface area (Å²) in [6.07, 6.45) is -0.644. The van der Waals surface area contributed by atoms with Crippen LogP contribution in [0.2, 0.25) is 0 Å². The van der Waals surface area contributed by atoms with Crippen molar-refractivity contribution in [3.8, 4) is 0 Å². The molecule has 20 heavy (non-hydrogen) atoms. The second kappa shape index (κ2) is 6.59. The first-order valence-corrected chi connectivity index (χ1v) is 7.09. The van der Waals surface area contributed by atoms with Crippen LogP contribution in [0, 0.1) is 0 Å². The molecule has 2 N–H and O–H groups in total. The molecule has 1 aromatic carbocycles. The second-order valence-electron chi connectivity index (χ2n) is 5.48. The molecular formula is C15H21F3N2. The molecule has 2 nitrogen and oxygen atoms in total. The molecular weight excluding hydrogens is 265 g/mol. The van der Waals surface area contributed by atoms with Gasteiger partial charge in [-0.2, -0.15) is 13.2 Å². The molecule has 0 saturated carbocycles. The summed E-state index contributed by atoms with van der Waals surface area (Å²) in [5.74, 6) is 0. The van der Waals surface area contributed by atoms with Gasteiger partial charge in [-0.1, -0.05) is 18.2 Å². The monoisotopic (exact) mass is 286 g/mol. The van der Waals surface area contributed by atoms with E-state index in [2.05, 4.69) is 4.90 Å². The highest BCUT2D eigenvalue weighted by Gasteiger charge is 2.30. The molecule has 0 spiro atoms. The lowest BCUT2D eigenvalue weighted by Gasteiger charge is -2.29. The van der Waals surface area contributed by atoms with Gasteiger partial charge in [0.25, 0.3) is 0 Å². The number of rotatable bonds is 4. The molecule has 112 valence electrons. The molecule has 0 radical (unpaired) electrons. The maximum Gasteiger partial charge on any atom is 0.416 e. The topological polar surface area (TPSA) is 29.3 Å². The van der Waals surface area contributed by atoms with Crippen molar-refractivity contribution in [1.29, 1.82) is 0 Å². The fraction of sp³-hybridized carbons (Fsp3) is 0.600. The Bertz CT molecular complexity index is 423. The molecule has 0 atom stereocenters. The molecule has 0 aromatic heterocycles. The zero-order valence-corrected chi connectivity index (χ0v) is 11.5. The fourth-order valence-electron chi connectivity index (χ4n) is 2.59. The standard InChI is InChI=1S/C15H21F3N2/c16-15(17,18)13-5-1-3-12(11-13)4-2-8-20-9-6-14(19)7-10-20/h1,3,5,11,14H,2,4,6-10,19H2. The summed E-state index contributed by atoms with van der Waals surface area (Å²) in [6, 6.07) is 5.94. The van der Waals surface area contributed by atoms with Crippen LogP contribution in [0.4, 0.5) is 13.2 Å². The van der Waals surface area contributed by atoms with Crippen LogP contribution in [0.3, 0.4) is 0 Å². The van der Waals surface area contributed by atoms with Crippen LogP contribution in [-0.2, 0) is 12.6 Å². The molecule has 1 heterocycles. The number of hydrogen-bond acceptors (Lipinski definition) is 2. The highest BCUT2D eigenvalue weighted by atomic mass is 19.4. The molecule has 2 rings (SSSR count). The zero-order valence-electron chi connectivity index (χ0n) is 11.5. The van der Waals surface area contributed by atoms with Crippen LogP contribution in [0.5, 0.6) is 0 Å². The van der Waals surface area contributed by atoms with Crippen LogP contribution in [0.1, 0.15) is 30.4 Å². The van der Waals surface area contributed by atoms with Crippen LogP contribution in [0.25, 0.3) is 0 Å². The normalized spacial score (nSPS) is 18.4. The lowest BCUT2D eigenvalue weighted by molar-refractivity contribution is -0.137. The number of likely N-dealkylation sites (tertiary alicyclic amines) is 1. The number of nitrogens with zero attached hydrogens (tertiary/aromatic N) is 1. The Kier molecular flexibility index (Phi) is 5.05. The van der Waals surface area contributed by atoms with Crippen molar-refractivity contribution in [2.45, 2.75) is 37.9 Å². The second-order valence-corrected chi connectivity index (χ2v) is 5.48. The molecule has 0 bridgehead atoms. The van der Waals surface area contributed by atoms with E-state index in [-0.39, 0.29) is 0 Å². The van der Waals surface area contributed by atoms with Crippen LogP contribution in [-0.4, -0.2) is 30.6 Å². The van der Waals surface area contributed by atoms with E-state index in [1.54, 1.807) is 6.07 Å². The largest absolute Gasteiger partial charge is 0.416 e. The molecule has 1 aromatic rings. The Morgan fingerprint density at radius 2 is 1.90 bits per heavy atom. The van der Waals surface area contributed by atoms with E-state index in [1.807, 2.05) is 0 Å². The van der Waals surface area contributed by atoms with Crippen molar-refractivity contribution in [2.24, 2.45) is 5.73 Å². The van der Waals surface area contributed by atoms with Crippen LogP contribution >= 0.6 is 0 Å². The van der Waals surface area contributed by atoms with Crippen molar-refractivity contribution >= 4 is 0 Å². The Morgan fingerprint density at radius 1 is 1.20 bits per heavy atom. The average Bonchev–Trinajstić information content (AvgIpc) is 2.40. The van der Waals surface area contributed by atoms with E-state index in [1.165, 1.54) is 12.1 Å². The smallest absolute Gasteiger partial charge is 0.328 e. The van der Waals surface area contributed by atoms with E-state index in [9.17, 15) is 13.2 Å². The number of piperidine rings is 1. The van der Waals surface area contributed by atoms with Gasteiger partial charge < -0.3 is 10.6 Å². The third kappa shape index (κ3) is 4.49. The minimum Gasteiger partial charge on any atom is -0.328 e. The number of aryl methyl sites for hydroxylation is 1. The SMILES string of the molecule is NC1CCN(CCCc2cccc(C(F)(F)F)c2)CC1. The maximum absolute atomic E-state index is 12.6. The van der Waals surface area contributed by atoms with E-state index < -0.39 is 11.7 Å². The van der Waals surface area contributed by atoms with E-state index in [4.69, 9.17) is 5.73 Å². The van der Waals surface area contributed by atoms with E-state index in [0.717, 1.165) is 50.5 Å². The van der Waals surface area contributed by atoms with Crippen molar-refractivity contribution in [1.82, 2.24) is 4.90 Å². The molecule has 1 aliphatic heterocycles. The van der Waals surface area contributed by atoms with Gasteiger partial charge in [-0.3, -0.25) is 0 Å². The molecule has 0 aliphatic carbocycles. The first kappa shape index (κ1) is 15.3. The average molecular weight is 286 g/mol. The summed E-state index contributed by atoms with van der Waals surface area (Å²) in [5, 5.41) is 0. The third-order valence-corrected chi connectivity index (χ3v) is 3.83. The summed E-state index contributed by atoms with van der Waals surface area (Å²) in [4.78, 5) is 2.34. The van der Waals surface area contributed by atoms with Gasteiger partial charge in [0.15, 0.2) is 0 Å². The van der Waals surface area contributed by atoms with Crippen LogP contribution in [0.15, 0.2) is 24.3 Å². The zero-order chi connectivity index (χ0) is 14.6. The van der Waals surface area contributed by atoms with Gasteiger partial charge in [-0.25, -0.2) is 0 Å². The fourth-order valence-corrected chi connectivity index (χ4v) is 2.59. The van der Waals surface area contributed by atoms with Crippen molar-refractivity contribution in [3.63, 3.8) is 0 Å². The quantitative estimate of drug-likeness (QED) is 0.921. The predicted octanol–water partition coefficient (Wildman–Crippen LogP) is 3.06. The minimum atomic E-state index is -4.25. The molecule has 1 fully saturated rings. The van der Waals surface area contributed by atoms with Crippen molar-refractivity contribution < 1.29 is 13.2 Å². The summed E-state index contributed by atoms with van der Waals surface area (Å²) in [5.41, 5.74) is 6.04. The number of alkyl halides is 3. The minimum absolute atomic E-state index is 0.315. The lowest BCUT2D eigenvalue weighted by atomic mass is 10.0. The number of nitrogens with two attached hydrogens (primary N) is 1. The number of hydrogen-bond donors (Lipinski definition) is 1. The lowest BCUT2D eigenvalue weighted by Crippen LogP contribution is -2.40. The van der Waals surface area contributed by atoms with Gasteiger partial charge in [0.1, 0.15) is 0 Å². The Morgan fingerprint density at radius 3 is 2.55 bits per heavy atom. The summed E-state index contributed by atoms with van der Waals surface area (Å²) in [6.45, 7) is 2.94.